The number of thiazole rings is 3. The van der Waals surface area contributed by atoms with Crippen molar-refractivity contribution >= 4 is 139 Å². The molecule has 12 rings (SSSR count). The van der Waals surface area contributed by atoms with E-state index in [0.717, 1.165) is 98.3 Å². The largest absolute Gasteiger partial charge is 0.353 e. The van der Waals surface area contributed by atoms with Crippen LogP contribution in [0.15, 0.2) is 110 Å². The Kier molecular flexibility index (Phi) is 18.7. The number of nitrogens with one attached hydrogen (secondary N) is 3. The number of hydrogen-bond acceptors (Lipinski definition) is 15. The van der Waals surface area contributed by atoms with E-state index >= 15 is 0 Å². The Bertz CT molecular complexity index is 3610. The molecule has 3 aliphatic heterocycles. The third kappa shape index (κ3) is 14.2. The third-order valence-corrected chi connectivity index (χ3v) is 18.1. The van der Waals surface area contributed by atoms with Crippen LogP contribution in [-0.4, -0.2) is 140 Å². The third-order valence-electron chi connectivity index (χ3n) is 14.8. The lowest BCUT2D eigenvalue weighted by Crippen LogP contribution is -2.55. The number of hydrogen-bond donors (Lipinski definition) is 3. The van der Waals surface area contributed by atoms with E-state index < -0.39 is 0 Å². The van der Waals surface area contributed by atoms with Crippen LogP contribution in [0.4, 0.5) is 47.2 Å². The van der Waals surface area contributed by atoms with Gasteiger partial charge in [-0.1, -0.05) is 94.8 Å². The number of piperazine rings is 3. The molecular formula is C60H67Cl2N15O3S3. The Morgan fingerprint density at radius 1 is 0.518 bits per heavy atom. The number of aryl methyl sites for hydroxylation is 4. The lowest BCUT2D eigenvalue weighted by Gasteiger charge is -2.40. The Labute approximate surface area is 505 Å². The van der Waals surface area contributed by atoms with Crippen molar-refractivity contribution in [2.24, 2.45) is 0 Å². The van der Waals surface area contributed by atoms with Crippen LogP contribution in [-0.2, 0) is 6.42 Å². The van der Waals surface area contributed by atoms with Gasteiger partial charge in [0.2, 0.25) is 0 Å². The molecule has 9 heterocycles. The molecule has 3 aromatic carbocycles. The molecule has 3 aliphatic rings. The van der Waals surface area contributed by atoms with Crippen LogP contribution < -0.4 is 30.7 Å². The van der Waals surface area contributed by atoms with E-state index in [4.69, 9.17) is 23.2 Å². The molecule has 6 aromatic heterocycles. The summed E-state index contributed by atoms with van der Waals surface area (Å²) in [6.07, 6.45) is 7.54. The number of pyridine rings is 3. The highest BCUT2D eigenvalue weighted by Gasteiger charge is 2.32. The normalized spacial score (nSPS) is 17.2. The number of aromatic nitrogens is 6. The molecule has 3 N–H and O–H groups in total. The van der Waals surface area contributed by atoms with Crippen LogP contribution in [0.1, 0.15) is 56.4 Å². The Hall–Kier alpha value is -7.43. The van der Waals surface area contributed by atoms with E-state index in [9.17, 15) is 14.4 Å². The highest BCUT2D eigenvalue weighted by Crippen LogP contribution is 2.32. The average Bonchev–Trinajstić information content (AvgIpc) is 4.36. The molecule has 23 heteroatoms. The van der Waals surface area contributed by atoms with Gasteiger partial charge in [-0.15, -0.1) is 0 Å². The maximum atomic E-state index is 12.9. The molecule has 0 radical (unpaired) electrons. The molecule has 6 amide bonds. The first kappa shape index (κ1) is 58.8. The average molecular weight is 1210 g/mol. The molecule has 3 atom stereocenters. The van der Waals surface area contributed by atoms with Crippen molar-refractivity contribution in [3.63, 3.8) is 0 Å². The monoisotopic (exact) mass is 1210 g/mol. The van der Waals surface area contributed by atoms with Crippen molar-refractivity contribution in [1.29, 1.82) is 0 Å². The van der Waals surface area contributed by atoms with Crippen molar-refractivity contribution in [1.82, 2.24) is 44.6 Å². The van der Waals surface area contributed by atoms with Gasteiger partial charge in [0.1, 0.15) is 17.5 Å². The molecule has 0 unspecified atom stereocenters. The van der Waals surface area contributed by atoms with Gasteiger partial charge in [-0.05, 0) is 137 Å². The zero-order chi connectivity index (χ0) is 58.3. The first-order valence-electron chi connectivity index (χ1n) is 27.8. The van der Waals surface area contributed by atoms with Crippen molar-refractivity contribution in [2.45, 2.75) is 79.4 Å². The molecule has 0 saturated carbocycles. The summed E-state index contributed by atoms with van der Waals surface area (Å²) >= 11 is 16.8. The number of urea groups is 3. The van der Waals surface area contributed by atoms with Crippen molar-refractivity contribution in [3.05, 3.63) is 142 Å². The quantitative estimate of drug-likeness (QED) is 0.131. The van der Waals surface area contributed by atoms with Gasteiger partial charge in [0, 0.05) is 101 Å². The standard InChI is InChI=1S/C21H24ClN5OS.C20H23N5OS.C19H20ClN5OS/c1-3-5-15-7-8-17-18(12-15)29-20(24-17)25-21(28)27-11-10-26(13-14(27)2)19-16(22)6-4-9-23-19;1-13-6-7-16-17(11-13)27-19(22-16)23-20(26)25-10-9-24(12-15(25)3)18-14(2)5-4-8-21-18;1-12-4-3-7-21-17(12)24-8-9-25(13(2)11-24)19(26)23-18-22-15-6-5-14(20)10-16(15)27-18/h4,6-9,12,14H,3,5,10-11,13H2,1-2H3,(H,24,25,28);4-8,11,15H,9-10,12H2,1-3H3,(H,22,23,26);3-7,10,13H,8-9,11H2,1-2H3,(H,22,23,26)/t14-;15-;13-/m111/s1. The second kappa shape index (κ2) is 26.4. The minimum Gasteiger partial charge on any atom is -0.353 e. The SMILES string of the molecule is CCCc1ccc2nc(NC(=O)N3CCN(c4ncccc4Cl)C[C@H]3C)sc2c1.Cc1ccc2nc(NC(=O)N3CCN(c4ncccc4C)C[C@H]3C)sc2c1.Cc1cccnc1N1CCN(C(=O)Nc2nc3ccc(Cl)cc3s2)[C@H](C)C1. The Balaban J connectivity index is 0.000000139. The molecule has 83 heavy (non-hydrogen) atoms. The Morgan fingerprint density at radius 3 is 1.37 bits per heavy atom. The molecule has 432 valence electrons. The summed E-state index contributed by atoms with van der Waals surface area (Å²) < 4.78 is 3.16. The Morgan fingerprint density at radius 2 is 0.928 bits per heavy atom. The van der Waals surface area contributed by atoms with E-state index in [1.165, 1.54) is 45.1 Å². The first-order chi connectivity index (χ1) is 40.1. The van der Waals surface area contributed by atoms with Crippen LogP contribution >= 0.6 is 57.2 Å². The minimum absolute atomic E-state index is 0.0346. The van der Waals surface area contributed by atoms with E-state index in [1.54, 1.807) is 12.3 Å². The van der Waals surface area contributed by atoms with Gasteiger partial charge >= 0.3 is 18.1 Å². The summed E-state index contributed by atoms with van der Waals surface area (Å²) in [7, 11) is 0. The van der Waals surface area contributed by atoms with Crippen molar-refractivity contribution in [3.8, 4) is 0 Å². The fourth-order valence-electron chi connectivity index (χ4n) is 10.6. The molecule has 0 bridgehead atoms. The van der Waals surface area contributed by atoms with Gasteiger partial charge < -0.3 is 29.4 Å². The number of amides is 6. The van der Waals surface area contributed by atoms with Gasteiger partial charge in [0.25, 0.3) is 0 Å². The fourth-order valence-corrected chi connectivity index (χ4v) is 13.8. The predicted octanol–water partition coefficient (Wildman–Crippen LogP) is 13.5. The highest BCUT2D eigenvalue weighted by molar-refractivity contribution is 7.23. The number of anilines is 6. The van der Waals surface area contributed by atoms with Gasteiger partial charge in [-0.25, -0.2) is 44.3 Å². The zero-order valence-corrected chi connectivity index (χ0v) is 51.4. The van der Waals surface area contributed by atoms with Crippen LogP contribution in [0.25, 0.3) is 30.6 Å². The van der Waals surface area contributed by atoms with Crippen molar-refractivity contribution in [2.75, 3.05) is 89.6 Å². The molecule has 9 aromatic rings. The lowest BCUT2D eigenvalue weighted by molar-refractivity contribution is 0.184. The van der Waals surface area contributed by atoms with E-state index in [2.05, 4.69) is 132 Å². The molecule has 3 fully saturated rings. The van der Waals surface area contributed by atoms with E-state index in [-0.39, 0.29) is 36.2 Å². The first-order valence-corrected chi connectivity index (χ1v) is 31.0. The maximum absolute atomic E-state index is 12.9. The number of carbonyl (C=O) groups is 3. The predicted molar refractivity (Wildman–Crippen MR) is 342 cm³/mol. The second-order valence-electron chi connectivity index (χ2n) is 21.0. The van der Waals surface area contributed by atoms with Gasteiger partial charge in [-0.3, -0.25) is 16.0 Å². The number of rotatable bonds is 8. The molecular weight excluding hydrogens is 1150 g/mol. The van der Waals surface area contributed by atoms with Crippen LogP contribution in [0.5, 0.6) is 0 Å². The summed E-state index contributed by atoms with van der Waals surface area (Å²) in [6, 6.07) is 29.5. The topological polar surface area (TPSA) is 184 Å². The molecule has 0 aliphatic carbocycles. The lowest BCUT2D eigenvalue weighted by atomic mass is 10.1. The summed E-state index contributed by atoms with van der Waals surface area (Å²) in [5.74, 6) is 2.77. The summed E-state index contributed by atoms with van der Waals surface area (Å²) in [5.41, 5.74) is 7.49. The van der Waals surface area contributed by atoms with Crippen LogP contribution in [0.3, 0.4) is 0 Å². The van der Waals surface area contributed by atoms with Crippen LogP contribution in [0, 0.1) is 20.8 Å². The fraction of sp³-hybridized carbons (Fsp3) is 0.350. The van der Waals surface area contributed by atoms with Gasteiger partial charge in [0.15, 0.2) is 15.4 Å². The molecule has 0 spiro atoms. The number of nitrogens with zero attached hydrogens (tertiary/aromatic N) is 12. The number of fused-ring (bicyclic) bond motifs is 3. The van der Waals surface area contributed by atoms with E-state index in [0.29, 0.717) is 58.2 Å². The zero-order valence-electron chi connectivity index (χ0n) is 47.5. The van der Waals surface area contributed by atoms with Crippen LogP contribution in [0.2, 0.25) is 10.0 Å². The molecule has 3 saturated heterocycles. The minimum atomic E-state index is -0.120. The van der Waals surface area contributed by atoms with Gasteiger partial charge in [-0.2, -0.15) is 0 Å². The number of carbonyl (C=O) groups excluding carboxylic acids is 3. The maximum Gasteiger partial charge on any atom is 0.324 e. The summed E-state index contributed by atoms with van der Waals surface area (Å²) in [6.45, 7) is 20.9. The van der Waals surface area contributed by atoms with E-state index in [1.807, 2.05) is 88.6 Å². The van der Waals surface area contributed by atoms with Gasteiger partial charge in [0.05, 0.1) is 35.7 Å². The number of halogens is 2. The second-order valence-corrected chi connectivity index (χ2v) is 25.0. The summed E-state index contributed by atoms with van der Waals surface area (Å²) in [5, 5.41) is 12.1. The molecule has 18 nitrogen and oxygen atoms in total. The smallest absolute Gasteiger partial charge is 0.324 e. The summed E-state index contributed by atoms with van der Waals surface area (Å²) in [4.78, 5) is 77.5. The number of benzene rings is 3. The highest BCUT2D eigenvalue weighted by atomic mass is 35.5. The van der Waals surface area contributed by atoms with Crippen molar-refractivity contribution < 1.29 is 14.4 Å².